The van der Waals surface area contributed by atoms with Gasteiger partial charge in [0.05, 0.1) is 13.5 Å². The minimum absolute atomic E-state index is 0.00792. The Morgan fingerprint density at radius 3 is 2.40 bits per heavy atom. The van der Waals surface area contributed by atoms with Crippen molar-refractivity contribution in [1.29, 1.82) is 0 Å². The molecular weight excluding hydrogens is 258 g/mol. The number of hydrogen-bond donors (Lipinski definition) is 1. The van der Waals surface area contributed by atoms with E-state index >= 15 is 0 Å². The summed E-state index contributed by atoms with van der Waals surface area (Å²) in [6.45, 7) is 5.52. The largest absolute Gasteiger partial charge is 0.469 e. The summed E-state index contributed by atoms with van der Waals surface area (Å²) in [7, 11) is 1.40. The molecule has 1 saturated carbocycles. The molecule has 0 heterocycles. The molecule has 0 aliphatic heterocycles. The first kappa shape index (κ1) is 16.8. The standard InChI is InChI=1S/C15H27NO4/c1-15(2,3)20-14(18)16-12-9-7-5-6-8-11(12)10-13(17)19-4/h11-12H,5-10H2,1-4H3,(H,16,18)/t11-,12-/m1/s1. The Morgan fingerprint density at radius 1 is 1.15 bits per heavy atom. The highest BCUT2D eigenvalue weighted by molar-refractivity contribution is 5.70. The molecule has 2 atom stereocenters. The number of carbonyl (C=O) groups excluding carboxylic acids is 2. The molecule has 5 nitrogen and oxygen atoms in total. The van der Waals surface area contributed by atoms with E-state index in [0.29, 0.717) is 6.42 Å². The van der Waals surface area contributed by atoms with Crippen LogP contribution < -0.4 is 5.32 Å². The molecule has 0 aromatic heterocycles. The van der Waals surface area contributed by atoms with E-state index in [4.69, 9.17) is 9.47 Å². The maximum absolute atomic E-state index is 11.9. The Balaban J connectivity index is 2.61. The van der Waals surface area contributed by atoms with Crippen molar-refractivity contribution in [2.24, 2.45) is 5.92 Å². The van der Waals surface area contributed by atoms with Crippen molar-refractivity contribution in [1.82, 2.24) is 5.32 Å². The smallest absolute Gasteiger partial charge is 0.407 e. The first-order chi connectivity index (χ1) is 9.31. The molecule has 1 aliphatic carbocycles. The van der Waals surface area contributed by atoms with Gasteiger partial charge < -0.3 is 14.8 Å². The quantitative estimate of drug-likeness (QED) is 0.639. The van der Waals surface area contributed by atoms with Crippen molar-refractivity contribution in [3.05, 3.63) is 0 Å². The lowest BCUT2D eigenvalue weighted by Gasteiger charge is -2.27. The highest BCUT2D eigenvalue weighted by Gasteiger charge is 2.29. The highest BCUT2D eigenvalue weighted by Crippen LogP contribution is 2.26. The average Bonchev–Trinajstić information content (AvgIpc) is 2.53. The maximum Gasteiger partial charge on any atom is 0.407 e. The summed E-state index contributed by atoms with van der Waals surface area (Å²) in [5.74, 6) is -0.0784. The summed E-state index contributed by atoms with van der Waals surface area (Å²) in [6.07, 6.45) is 5.09. The van der Waals surface area contributed by atoms with Crippen molar-refractivity contribution < 1.29 is 19.1 Å². The van der Waals surface area contributed by atoms with Gasteiger partial charge in [0.1, 0.15) is 5.60 Å². The van der Waals surface area contributed by atoms with Crippen LogP contribution in [-0.2, 0) is 14.3 Å². The Bertz CT molecular complexity index is 335. The molecule has 5 heteroatoms. The lowest BCUT2D eigenvalue weighted by molar-refractivity contribution is -0.142. The summed E-state index contributed by atoms with van der Waals surface area (Å²) >= 11 is 0. The molecule has 0 bridgehead atoms. The Hall–Kier alpha value is -1.26. The zero-order valence-electron chi connectivity index (χ0n) is 13.0. The topological polar surface area (TPSA) is 64.6 Å². The number of alkyl carbamates (subject to hydrolysis) is 1. The van der Waals surface area contributed by atoms with E-state index in [1.165, 1.54) is 7.11 Å². The predicted octanol–water partition coefficient (Wildman–Crippen LogP) is 3.02. The van der Waals surface area contributed by atoms with Gasteiger partial charge in [0.2, 0.25) is 0 Å². The molecule has 1 N–H and O–H groups in total. The van der Waals surface area contributed by atoms with Crippen LogP contribution in [-0.4, -0.2) is 30.8 Å². The molecule has 1 amide bonds. The Kier molecular flexibility index (Phi) is 6.30. The fourth-order valence-electron chi connectivity index (χ4n) is 2.58. The molecule has 0 unspecified atom stereocenters. The second-order valence-electron chi connectivity index (χ2n) is 6.43. The first-order valence-electron chi connectivity index (χ1n) is 7.38. The predicted molar refractivity (Wildman–Crippen MR) is 76.4 cm³/mol. The number of carbonyl (C=O) groups is 2. The van der Waals surface area contributed by atoms with Gasteiger partial charge in [-0.1, -0.05) is 19.3 Å². The van der Waals surface area contributed by atoms with Gasteiger partial charge in [-0.3, -0.25) is 4.79 Å². The van der Waals surface area contributed by atoms with Gasteiger partial charge in [0, 0.05) is 6.04 Å². The first-order valence-corrected chi connectivity index (χ1v) is 7.38. The lowest BCUT2D eigenvalue weighted by atomic mass is 9.91. The molecule has 0 aromatic carbocycles. The van der Waals surface area contributed by atoms with Gasteiger partial charge in [0.25, 0.3) is 0 Å². The van der Waals surface area contributed by atoms with Crippen LogP contribution in [0.5, 0.6) is 0 Å². The van der Waals surface area contributed by atoms with Crippen molar-refractivity contribution in [3.8, 4) is 0 Å². The van der Waals surface area contributed by atoms with Crippen LogP contribution in [0.4, 0.5) is 4.79 Å². The van der Waals surface area contributed by atoms with Crippen molar-refractivity contribution in [2.75, 3.05) is 7.11 Å². The number of ether oxygens (including phenoxy) is 2. The van der Waals surface area contributed by atoms with Gasteiger partial charge in [-0.2, -0.15) is 0 Å². The fourth-order valence-corrected chi connectivity index (χ4v) is 2.58. The third-order valence-electron chi connectivity index (χ3n) is 3.52. The van der Waals surface area contributed by atoms with Crippen LogP contribution in [0.1, 0.15) is 59.3 Å². The second-order valence-corrected chi connectivity index (χ2v) is 6.43. The summed E-state index contributed by atoms with van der Waals surface area (Å²) in [5.41, 5.74) is -0.507. The number of esters is 1. The monoisotopic (exact) mass is 285 g/mol. The van der Waals surface area contributed by atoms with Crippen molar-refractivity contribution in [2.45, 2.75) is 70.9 Å². The zero-order chi connectivity index (χ0) is 15.2. The van der Waals surface area contributed by atoms with Crippen LogP contribution in [0, 0.1) is 5.92 Å². The molecule has 1 rings (SSSR count). The number of rotatable bonds is 3. The molecule has 1 aliphatic rings. The molecule has 0 radical (unpaired) electrons. The van der Waals surface area contributed by atoms with E-state index in [2.05, 4.69) is 5.32 Å². The molecule has 0 saturated heterocycles. The summed E-state index contributed by atoms with van der Waals surface area (Å²) < 4.78 is 10.0. The number of nitrogens with one attached hydrogen (secondary N) is 1. The van der Waals surface area contributed by atoms with E-state index in [-0.39, 0.29) is 17.9 Å². The Morgan fingerprint density at radius 2 is 1.80 bits per heavy atom. The van der Waals surface area contributed by atoms with Gasteiger partial charge in [-0.15, -0.1) is 0 Å². The van der Waals surface area contributed by atoms with Crippen LogP contribution in [0.2, 0.25) is 0 Å². The summed E-state index contributed by atoms with van der Waals surface area (Å²) in [4.78, 5) is 23.4. The van der Waals surface area contributed by atoms with E-state index < -0.39 is 11.7 Å². The molecule has 20 heavy (non-hydrogen) atoms. The van der Waals surface area contributed by atoms with Gasteiger partial charge in [0.15, 0.2) is 0 Å². The van der Waals surface area contributed by atoms with Crippen LogP contribution >= 0.6 is 0 Å². The number of hydrogen-bond acceptors (Lipinski definition) is 4. The lowest BCUT2D eigenvalue weighted by Crippen LogP contribution is -2.43. The molecule has 0 spiro atoms. The summed E-state index contributed by atoms with van der Waals surface area (Å²) in [5, 5.41) is 2.93. The highest BCUT2D eigenvalue weighted by atomic mass is 16.6. The molecule has 0 aromatic rings. The Labute approximate surface area is 121 Å². The normalized spacial score (nSPS) is 23.6. The SMILES string of the molecule is COC(=O)C[C@H]1CCCCC[C@H]1NC(=O)OC(C)(C)C. The zero-order valence-corrected chi connectivity index (χ0v) is 13.0. The van der Waals surface area contributed by atoms with E-state index in [9.17, 15) is 9.59 Å². The van der Waals surface area contributed by atoms with Crippen LogP contribution in [0.3, 0.4) is 0 Å². The van der Waals surface area contributed by atoms with Crippen LogP contribution in [0.15, 0.2) is 0 Å². The van der Waals surface area contributed by atoms with E-state index in [0.717, 1.165) is 32.1 Å². The second kappa shape index (κ2) is 7.50. The minimum Gasteiger partial charge on any atom is -0.469 e. The average molecular weight is 285 g/mol. The maximum atomic E-state index is 11.9. The number of amides is 1. The van der Waals surface area contributed by atoms with Crippen LogP contribution in [0.25, 0.3) is 0 Å². The summed E-state index contributed by atoms with van der Waals surface area (Å²) in [6, 6.07) is -0.00792. The van der Waals surface area contributed by atoms with E-state index in [1.54, 1.807) is 0 Å². The minimum atomic E-state index is -0.507. The number of methoxy groups -OCH3 is 1. The molecule has 116 valence electrons. The van der Waals surface area contributed by atoms with E-state index in [1.807, 2.05) is 20.8 Å². The van der Waals surface area contributed by atoms with Crippen molar-refractivity contribution >= 4 is 12.1 Å². The molecular formula is C15H27NO4. The fraction of sp³-hybridized carbons (Fsp3) is 0.867. The molecule has 1 fully saturated rings. The van der Waals surface area contributed by atoms with Gasteiger partial charge in [-0.25, -0.2) is 4.79 Å². The van der Waals surface area contributed by atoms with Crippen molar-refractivity contribution in [3.63, 3.8) is 0 Å². The van der Waals surface area contributed by atoms with Gasteiger partial charge in [-0.05, 0) is 39.5 Å². The third-order valence-corrected chi connectivity index (χ3v) is 3.52. The third kappa shape index (κ3) is 6.26. The van der Waals surface area contributed by atoms with Gasteiger partial charge >= 0.3 is 12.1 Å².